The highest BCUT2D eigenvalue weighted by Gasteiger charge is 2.73. The van der Waals surface area contributed by atoms with Crippen molar-refractivity contribution in [1.82, 2.24) is 0 Å². The SMILES string of the molecule is c1ccc(C23OC(c4ccccc4)(c4cc5c(cc42)-c2cccc4cccc-5c24)C2c4cccc5cccc(c45)C23)cc1. The summed E-state index contributed by atoms with van der Waals surface area (Å²) in [6, 6.07) is 54.4. The van der Waals surface area contributed by atoms with Gasteiger partial charge in [-0.3, -0.25) is 0 Å². The molecule has 43 heavy (non-hydrogen) atoms. The van der Waals surface area contributed by atoms with Crippen molar-refractivity contribution >= 4 is 21.5 Å². The molecule has 4 atom stereocenters. The van der Waals surface area contributed by atoms with Crippen LogP contribution in [0.5, 0.6) is 0 Å². The van der Waals surface area contributed by atoms with Gasteiger partial charge < -0.3 is 4.74 Å². The van der Waals surface area contributed by atoms with Crippen LogP contribution >= 0.6 is 0 Å². The van der Waals surface area contributed by atoms with Crippen LogP contribution in [0.3, 0.4) is 0 Å². The van der Waals surface area contributed by atoms with Crippen LogP contribution < -0.4 is 0 Å². The number of ether oxygens (including phenoxy) is 1. The van der Waals surface area contributed by atoms with Crippen LogP contribution in [0.25, 0.3) is 43.8 Å². The number of hydrogen-bond acceptors (Lipinski definition) is 1. The van der Waals surface area contributed by atoms with Crippen molar-refractivity contribution in [3.63, 3.8) is 0 Å². The zero-order chi connectivity index (χ0) is 27.9. The van der Waals surface area contributed by atoms with Gasteiger partial charge in [-0.25, -0.2) is 0 Å². The van der Waals surface area contributed by atoms with Gasteiger partial charge in [-0.2, -0.15) is 0 Å². The van der Waals surface area contributed by atoms with Crippen molar-refractivity contribution < 1.29 is 4.74 Å². The summed E-state index contributed by atoms with van der Waals surface area (Å²) in [5.41, 5.74) is 12.0. The molecule has 1 saturated heterocycles. The predicted octanol–water partition coefficient (Wildman–Crippen LogP) is 10.1. The average molecular weight is 547 g/mol. The molecule has 200 valence electrons. The summed E-state index contributed by atoms with van der Waals surface area (Å²) in [5, 5.41) is 5.41. The number of fused-ring (bicyclic) bond motifs is 13. The first-order valence-electron chi connectivity index (χ1n) is 15.3. The Morgan fingerprint density at radius 1 is 0.395 bits per heavy atom. The van der Waals surface area contributed by atoms with Gasteiger partial charge in [0.1, 0.15) is 11.2 Å². The molecule has 1 heteroatoms. The minimum atomic E-state index is -0.623. The quantitative estimate of drug-likeness (QED) is 0.210. The Kier molecular flexibility index (Phi) is 3.94. The van der Waals surface area contributed by atoms with Gasteiger partial charge in [0.15, 0.2) is 0 Å². The van der Waals surface area contributed by atoms with Crippen LogP contribution in [0.15, 0.2) is 146 Å². The van der Waals surface area contributed by atoms with E-state index in [1.165, 1.54) is 77.2 Å². The number of hydrogen-bond donors (Lipinski definition) is 0. The van der Waals surface area contributed by atoms with Crippen LogP contribution in [0.2, 0.25) is 0 Å². The standard InChI is InChI=1S/C42H26O/c1-3-15-27(16-4-1)41-35-23-33-29-19-7-11-25-12-8-20-30(37(25)29)34(33)24-36(35)42(43-41,28-17-5-2-6-18-28)40-32-22-10-14-26-13-9-21-31(38(26)32)39(40)41/h1-24,39-40H. The maximum Gasteiger partial charge on any atom is 0.128 e. The highest BCUT2D eigenvalue weighted by molar-refractivity contribution is 6.15. The fraction of sp³-hybridized carbons (Fsp3) is 0.0952. The average Bonchev–Trinajstić information content (AvgIpc) is 3.78. The maximum atomic E-state index is 7.88. The second-order valence-electron chi connectivity index (χ2n) is 12.7. The van der Waals surface area contributed by atoms with Crippen molar-refractivity contribution in [1.29, 1.82) is 0 Å². The molecule has 2 heterocycles. The van der Waals surface area contributed by atoms with Gasteiger partial charge in [-0.05, 0) is 89.3 Å². The van der Waals surface area contributed by atoms with Crippen molar-refractivity contribution in [3.05, 3.63) is 179 Å². The Balaban J connectivity index is 1.33. The molecule has 0 aromatic heterocycles. The second kappa shape index (κ2) is 7.50. The number of benzene rings is 7. The topological polar surface area (TPSA) is 9.23 Å². The summed E-state index contributed by atoms with van der Waals surface area (Å²) < 4.78 is 7.88. The summed E-state index contributed by atoms with van der Waals surface area (Å²) in [4.78, 5) is 0. The molecule has 0 amide bonds. The third-order valence-electron chi connectivity index (χ3n) is 11.0. The van der Waals surface area contributed by atoms with Crippen molar-refractivity contribution in [2.75, 3.05) is 0 Å². The van der Waals surface area contributed by atoms with Gasteiger partial charge in [0.2, 0.25) is 0 Å². The molecule has 7 aromatic carbocycles. The van der Waals surface area contributed by atoms with Gasteiger partial charge in [0.25, 0.3) is 0 Å². The molecule has 2 aliphatic heterocycles. The summed E-state index contributed by atoms with van der Waals surface area (Å²) in [6.07, 6.45) is 0. The zero-order valence-electron chi connectivity index (χ0n) is 23.4. The first-order valence-corrected chi connectivity index (χ1v) is 15.3. The molecular formula is C42H26O. The van der Waals surface area contributed by atoms with Gasteiger partial charge in [-0.15, -0.1) is 0 Å². The maximum absolute atomic E-state index is 7.88. The number of rotatable bonds is 2. The van der Waals surface area contributed by atoms with Crippen molar-refractivity contribution in [3.8, 4) is 22.3 Å². The molecule has 4 unspecified atom stereocenters. The minimum absolute atomic E-state index is 0.154. The molecule has 2 aliphatic carbocycles. The van der Waals surface area contributed by atoms with E-state index in [-0.39, 0.29) is 11.8 Å². The third-order valence-corrected chi connectivity index (χ3v) is 11.0. The molecule has 1 nitrogen and oxygen atoms in total. The molecular weight excluding hydrogens is 520 g/mol. The monoisotopic (exact) mass is 546 g/mol. The minimum Gasteiger partial charge on any atom is -0.348 e. The third kappa shape index (κ3) is 2.42. The van der Waals surface area contributed by atoms with E-state index in [0.717, 1.165) is 0 Å². The van der Waals surface area contributed by atoms with Gasteiger partial charge in [-0.1, -0.05) is 133 Å². The lowest BCUT2D eigenvalue weighted by molar-refractivity contribution is -0.0480. The van der Waals surface area contributed by atoms with Gasteiger partial charge in [0.05, 0.1) is 0 Å². The van der Waals surface area contributed by atoms with Gasteiger partial charge in [0, 0.05) is 11.8 Å². The molecule has 0 spiro atoms. The van der Waals surface area contributed by atoms with E-state index in [4.69, 9.17) is 4.74 Å². The first-order chi connectivity index (χ1) is 21.3. The predicted molar refractivity (Wildman–Crippen MR) is 173 cm³/mol. The van der Waals surface area contributed by atoms with Crippen LogP contribution in [0.4, 0.5) is 0 Å². The van der Waals surface area contributed by atoms with E-state index in [9.17, 15) is 0 Å². The molecule has 4 aliphatic rings. The van der Waals surface area contributed by atoms with Gasteiger partial charge >= 0.3 is 0 Å². The van der Waals surface area contributed by atoms with Crippen molar-refractivity contribution in [2.45, 2.75) is 23.0 Å². The van der Waals surface area contributed by atoms with Crippen LogP contribution in [0, 0.1) is 0 Å². The normalized spacial score (nSPS) is 24.8. The highest BCUT2D eigenvalue weighted by atomic mass is 16.5. The Morgan fingerprint density at radius 2 is 0.837 bits per heavy atom. The van der Waals surface area contributed by atoms with Crippen LogP contribution in [-0.4, -0.2) is 0 Å². The van der Waals surface area contributed by atoms with E-state index in [1.54, 1.807) is 0 Å². The van der Waals surface area contributed by atoms with E-state index >= 15 is 0 Å². The summed E-state index contributed by atoms with van der Waals surface area (Å²) >= 11 is 0. The summed E-state index contributed by atoms with van der Waals surface area (Å²) in [7, 11) is 0. The van der Waals surface area contributed by atoms with E-state index in [1.807, 2.05) is 0 Å². The summed E-state index contributed by atoms with van der Waals surface area (Å²) in [6.45, 7) is 0. The lowest BCUT2D eigenvalue weighted by atomic mass is 9.59. The van der Waals surface area contributed by atoms with Crippen molar-refractivity contribution in [2.24, 2.45) is 0 Å². The highest BCUT2D eigenvalue weighted by Crippen LogP contribution is 2.77. The Labute approximate surface area is 250 Å². The van der Waals surface area contributed by atoms with E-state index < -0.39 is 11.2 Å². The molecule has 0 radical (unpaired) electrons. The molecule has 11 rings (SSSR count). The molecule has 7 aromatic rings. The molecule has 1 fully saturated rings. The fourth-order valence-corrected chi connectivity index (χ4v) is 9.62. The lowest BCUT2D eigenvalue weighted by Crippen LogP contribution is -2.35. The lowest BCUT2D eigenvalue weighted by Gasteiger charge is -2.39. The molecule has 0 N–H and O–H groups in total. The van der Waals surface area contributed by atoms with Crippen LogP contribution in [-0.2, 0) is 15.9 Å². The zero-order valence-corrected chi connectivity index (χ0v) is 23.4. The molecule has 0 saturated carbocycles. The Morgan fingerprint density at radius 3 is 1.33 bits per heavy atom. The van der Waals surface area contributed by atoms with Crippen LogP contribution in [0.1, 0.15) is 45.2 Å². The smallest absolute Gasteiger partial charge is 0.128 e. The second-order valence-corrected chi connectivity index (χ2v) is 12.7. The summed E-state index contributed by atoms with van der Waals surface area (Å²) in [5.74, 6) is 0.308. The molecule has 2 bridgehead atoms. The largest absolute Gasteiger partial charge is 0.348 e. The van der Waals surface area contributed by atoms with E-state index in [2.05, 4.69) is 146 Å². The first kappa shape index (κ1) is 22.6. The Hall–Kier alpha value is -4.98. The van der Waals surface area contributed by atoms with E-state index in [0.29, 0.717) is 0 Å². The Bertz CT molecular complexity index is 2180. The fourth-order valence-electron chi connectivity index (χ4n) is 9.62.